The Balaban J connectivity index is 1.47. The second-order valence-corrected chi connectivity index (χ2v) is 7.23. The quantitative estimate of drug-likeness (QED) is 0.845. The molecule has 2 fully saturated rings. The third-order valence-corrected chi connectivity index (χ3v) is 5.28. The van der Waals surface area contributed by atoms with Gasteiger partial charge in [0.05, 0.1) is 6.54 Å². The number of carbonyl (C=O) groups excluding carboxylic acids is 2. The van der Waals surface area contributed by atoms with E-state index in [0.717, 1.165) is 50.1 Å². The summed E-state index contributed by atoms with van der Waals surface area (Å²) in [6, 6.07) is 7.74. The molecule has 1 aromatic rings. The Morgan fingerprint density at radius 2 is 1.40 bits per heavy atom. The second kappa shape index (κ2) is 8.48. The van der Waals surface area contributed by atoms with Crippen LogP contribution in [-0.2, 0) is 4.79 Å². The number of hydrogen-bond acceptors (Lipinski definition) is 3. The van der Waals surface area contributed by atoms with Crippen LogP contribution in [0.3, 0.4) is 0 Å². The minimum absolute atomic E-state index is 0.0958. The molecule has 0 aromatic heterocycles. The van der Waals surface area contributed by atoms with Crippen molar-refractivity contribution in [3.63, 3.8) is 0 Å². The molecule has 2 aliphatic heterocycles. The third kappa shape index (κ3) is 4.82. The van der Waals surface area contributed by atoms with Gasteiger partial charge in [-0.1, -0.05) is 30.5 Å². The lowest BCUT2D eigenvalue weighted by Gasteiger charge is -2.35. The number of rotatable bonds is 3. The van der Waals surface area contributed by atoms with Crippen molar-refractivity contribution >= 4 is 11.8 Å². The van der Waals surface area contributed by atoms with Crippen LogP contribution in [0.1, 0.15) is 41.6 Å². The Morgan fingerprint density at radius 3 is 2.00 bits per heavy atom. The van der Waals surface area contributed by atoms with E-state index >= 15 is 0 Å². The van der Waals surface area contributed by atoms with Crippen LogP contribution in [0, 0.1) is 6.92 Å². The van der Waals surface area contributed by atoms with Crippen molar-refractivity contribution in [3.8, 4) is 0 Å². The van der Waals surface area contributed by atoms with E-state index in [-0.39, 0.29) is 11.8 Å². The monoisotopic (exact) mass is 343 g/mol. The summed E-state index contributed by atoms with van der Waals surface area (Å²) in [6.07, 6.45) is 4.74. The molecule has 136 valence electrons. The molecule has 0 spiro atoms. The molecule has 0 unspecified atom stereocenters. The lowest BCUT2D eigenvalue weighted by Crippen LogP contribution is -2.51. The van der Waals surface area contributed by atoms with Gasteiger partial charge in [0.1, 0.15) is 0 Å². The Hall–Kier alpha value is -1.88. The molecule has 2 aliphatic rings. The lowest BCUT2D eigenvalue weighted by atomic mass is 10.1. The summed E-state index contributed by atoms with van der Waals surface area (Å²) in [6.45, 7) is 7.27. The maximum atomic E-state index is 12.6. The van der Waals surface area contributed by atoms with Crippen LogP contribution in [0.2, 0.25) is 0 Å². The normalized spacial score (nSPS) is 19.6. The first kappa shape index (κ1) is 17.9. The number of hydrogen-bond donors (Lipinski definition) is 0. The predicted molar refractivity (Wildman–Crippen MR) is 98.6 cm³/mol. The number of likely N-dealkylation sites (tertiary alicyclic amines) is 1. The standard InChI is InChI=1S/C20H29N3O2/c1-17-6-8-18(9-7-17)20(25)23-14-12-21(13-15-23)16-19(24)22-10-4-2-3-5-11-22/h6-9H,2-5,10-16H2,1H3. The molecule has 0 radical (unpaired) electrons. The van der Waals surface area contributed by atoms with Gasteiger partial charge < -0.3 is 9.80 Å². The SMILES string of the molecule is Cc1ccc(C(=O)N2CCN(CC(=O)N3CCCCCC3)CC2)cc1. The molecule has 2 amide bonds. The number of benzene rings is 1. The van der Waals surface area contributed by atoms with Crippen LogP contribution >= 0.6 is 0 Å². The minimum Gasteiger partial charge on any atom is -0.342 e. The molecule has 3 rings (SSSR count). The second-order valence-electron chi connectivity index (χ2n) is 7.23. The fraction of sp³-hybridized carbons (Fsp3) is 0.600. The van der Waals surface area contributed by atoms with Crippen LogP contribution in [-0.4, -0.2) is 72.3 Å². The van der Waals surface area contributed by atoms with Crippen LogP contribution < -0.4 is 0 Å². The summed E-state index contributed by atoms with van der Waals surface area (Å²) in [5, 5.41) is 0. The van der Waals surface area contributed by atoms with Crippen molar-refractivity contribution in [2.75, 3.05) is 45.8 Å². The molecule has 0 aliphatic carbocycles. The zero-order chi connectivity index (χ0) is 17.6. The Labute approximate surface area is 150 Å². The molecular formula is C20H29N3O2. The topological polar surface area (TPSA) is 43.9 Å². The van der Waals surface area contributed by atoms with E-state index in [2.05, 4.69) is 4.90 Å². The zero-order valence-electron chi connectivity index (χ0n) is 15.2. The summed E-state index contributed by atoms with van der Waals surface area (Å²) in [7, 11) is 0. The van der Waals surface area contributed by atoms with E-state index in [1.807, 2.05) is 41.0 Å². The maximum absolute atomic E-state index is 12.6. The van der Waals surface area contributed by atoms with E-state index < -0.39 is 0 Å². The molecule has 2 saturated heterocycles. The first-order valence-electron chi connectivity index (χ1n) is 9.49. The van der Waals surface area contributed by atoms with Gasteiger partial charge in [0, 0.05) is 44.8 Å². The van der Waals surface area contributed by atoms with Gasteiger partial charge in [0.15, 0.2) is 0 Å². The van der Waals surface area contributed by atoms with Crippen LogP contribution in [0.4, 0.5) is 0 Å². The summed E-state index contributed by atoms with van der Waals surface area (Å²) in [5.74, 6) is 0.346. The van der Waals surface area contributed by atoms with Gasteiger partial charge in [-0.3, -0.25) is 14.5 Å². The summed E-state index contributed by atoms with van der Waals surface area (Å²) in [5.41, 5.74) is 1.91. The third-order valence-electron chi connectivity index (χ3n) is 5.28. The van der Waals surface area contributed by atoms with E-state index in [1.165, 1.54) is 12.8 Å². The van der Waals surface area contributed by atoms with Gasteiger partial charge in [-0.2, -0.15) is 0 Å². The van der Waals surface area contributed by atoms with Gasteiger partial charge >= 0.3 is 0 Å². The van der Waals surface area contributed by atoms with Gasteiger partial charge in [-0.15, -0.1) is 0 Å². The number of aryl methyl sites for hydroxylation is 1. The zero-order valence-corrected chi connectivity index (χ0v) is 15.2. The van der Waals surface area contributed by atoms with Crippen molar-refractivity contribution in [1.82, 2.24) is 14.7 Å². The fourth-order valence-corrected chi connectivity index (χ4v) is 3.60. The van der Waals surface area contributed by atoms with Crippen molar-refractivity contribution in [1.29, 1.82) is 0 Å². The number of nitrogens with zero attached hydrogens (tertiary/aromatic N) is 3. The highest BCUT2D eigenvalue weighted by Crippen LogP contribution is 2.12. The molecule has 0 atom stereocenters. The molecule has 5 nitrogen and oxygen atoms in total. The molecule has 1 aromatic carbocycles. The van der Waals surface area contributed by atoms with E-state index in [4.69, 9.17) is 0 Å². The maximum Gasteiger partial charge on any atom is 0.253 e. The van der Waals surface area contributed by atoms with E-state index in [0.29, 0.717) is 19.6 Å². The highest BCUT2D eigenvalue weighted by molar-refractivity contribution is 5.94. The molecule has 0 bridgehead atoms. The highest BCUT2D eigenvalue weighted by Gasteiger charge is 2.25. The first-order chi connectivity index (χ1) is 12.1. The molecule has 5 heteroatoms. The van der Waals surface area contributed by atoms with Gasteiger partial charge in [0.25, 0.3) is 5.91 Å². The van der Waals surface area contributed by atoms with E-state index in [9.17, 15) is 9.59 Å². The Kier molecular flexibility index (Phi) is 6.08. The van der Waals surface area contributed by atoms with Gasteiger partial charge in [0.2, 0.25) is 5.91 Å². The lowest BCUT2D eigenvalue weighted by molar-refractivity contribution is -0.132. The molecule has 0 saturated carbocycles. The first-order valence-corrected chi connectivity index (χ1v) is 9.49. The molecule has 2 heterocycles. The average molecular weight is 343 g/mol. The largest absolute Gasteiger partial charge is 0.342 e. The van der Waals surface area contributed by atoms with Gasteiger partial charge in [-0.25, -0.2) is 0 Å². The molecular weight excluding hydrogens is 314 g/mol. The van der Waals surface area contributed by atoms with Crippen molar-refractivity contribution in [3.05, 3.63) is 35.4 Å². The summed E-state index contributed by atoms with van der Waals surface area (Å²) in [4.78, 5) is 31.2. The Morgan fingerprint density at radius 1 is 0.800 bits per heavy atom. The summed E-state index contributed by atoms with van der Waals surface area (Å²) >= 11 is 0. The van der Waals surface area contributed by atoms with Crippen LogP contribution in [0.5, 0.6) is 0 Å². The van der Waals surface area contributed by atoms with Gasteiger partial charge in [-0.05, 0) is 31.9 Å². The average Bonchev–Trinajstić information content (AvgIpc) is 2.92. The smallest absolute Gasteiger partial charge is 0.253 e. The number of piperazine rings is 1. The predicted octanol–water partition coefficient (Wildman–Crippen LogP) is 2.16. The minimum atomic E-state index is 0.0958. The highest BCUT2D eigenvalue weighted by atomic mass is 16.2. The Bertz CT molecular complexity index is 583. The number of carbonyl (C=O) groups is 2. The van der Waals surface area contributed by atoms with Crippen molar-refractivity contribution < 1.29 is 9.59 Å². The number of amides is 2. The molecule has 25 heavy (non-hydrogen) atoms. The van der Waals surface area contributed by atoms with E-state index in [1.54, 1.807) is 0 Å². The van der Waals surface area contributed by atoms with Crippen molar-refractivity contribution in [2.24, 2.45) is 0 Å². The van der Waals surface area contributed by atoms with Crippen LogP contribution in [0.15, 0.2) is 24.3 Å². The van der Waals surface area contributed by atoms with Crippen LogP contribution in [0.25, 0.3) is 0 Å². The summed E-state index contributed by atoms with van der Waals surface area (Å²) < 4.78 is 0. The van der Waals surface area contributed by atoms with Crippen molar-refractivity contribution in [2.45, 2.75) is 32.6 Å². The molecule has 0 N–H and O–H groups in total. The fourth-order valence-electron chi connectivity index (χ4n) is 3.60.